The van der Waals surface area contributed by atoms with Gasteiger partial charge in [0.2, 0.25) is 0 Å². The molecule has 0 radical (unpaired) electrons. The van der Waals surface area contributed by atoms with E-state index in [1.165, 1.54) is 11.8 Å². The molecule has 2 N–H and O–H groups in total. The maximum Gasteiger partial charge on any atom is 0.319 e. The van der Waals surface area contributed by atoms with Crippen molar-refractivity contribution in [3.8, 4) is 11.5 Å². The van der Waals surface area contributed by atoms with Crippen LogP contribution >= 0.6 is 35.0 Å². The number of fused-ring (bicyclic) bond motifs is 1. The van der Waals surface area contributed by atoms with E-state index in [1.807, 2.05) is 80.8 Å². The van der Waals surface area contributed by atoms with Crippen LogP contribution in [0.1, 0.15) is 118 Å². The third-order valence-corrected chi connectivity index (χ3v) is 15.4. The van der Waals surface area contributed by atoms with Gasteiger partial charge >= 0.3 is 11.9 Å². The predicted octanol–water partition coefficient (Wildman–Crippen LogP) is 9.44. The smallest absolute Gasteiger partial charge is 0.319 e. The summed E-state index contributed by atoms with van der Waals surface area (Å²) in [5.74, 6) is -0.517. The van der Waals surface area contributed by atoms with Crippen molar-refractivity contribution in [1.29, 1.82) is 0 Å². The Bertz CT molecular complexity index is 1830. The number of aliphatic hydroxyl groups excluding tert-OH is 2. The van der Waals surface area contributed by atoms with Crippen molar-refractivity contribution in [3.05, 3.63) is 46.2 Å². The molecule has 2 aromatic rings. The van der Waals surface area contributed by atoms with Gasteiger partial charge in [0.25, 0.3) is 0 Å². The van der Waals surface area contributed by atoms with Crippen molar-refractivity contribution >= 4 is 58.4 Å². The molecule has 17 heteroatoms. The van der Waals surface area contributed by atoms with Gasteiger partial charge in [-0.15, -0.1) is 11.8 Å². The lowest BCUT2D eigenvalue weighted by Crippen LogP contribution is -2.41. The van der Waals surface area contributed by atoms with Gasteiger partial charge in [-0.3, -0.25) is 19.4 Å². The summed E-state index contributed by atoms with van der Waals surface area (Å²) < 4.78 is 34.8. The van der Waals surface area contributed by atoms with Crippen molar-refractivity contribution in [2.75, 3.05) is 59.2 Å². The number of hydrogen-bond acceptors (Lipinski definition) is 15. The molecule has 10 atom stereocenters. The zero-order valence-electron chi connectivity index (χ0n) is 42.6. The van der Waals surface area contributed by atoms with E-state index < -0.39 is 41.1 Å². The molecule has 3 saturated heterocycles. The number of thioether (sulfide) groups is 1. The van der Waals surface area contributed by atoms with Crippen LogP contribution in [0.3, 0.4) is 0 Å². The maximum absolute atomic E-state index is 14.1. The molecule has 68 heavy (non-hydrogen) atoms. The highest BCUT2D eigenvalue weighted by Crippen LogP contribution is 2.42. The number of rotatable bonds is 12. The average Bonchev–Trinajstić information content (AvgIpc) is 3.95. The summed E-state index contributed by atoms with van der Waals surface area (Å²) in [6.07, 6.45) is 10.8. The van der Waals surface area contributed by atoms with Gasteiger partial charge in [0.15, 0.2) is 17.8 Å². The average molecular weight is 1020 g/mol. The molecule has 7 unspecified atom stereocenters. The second-order valence-electron chi connectivity index (χ2n) is 18.6. The summed E-state index contributed by atoms with van der Waals surface area (Å²) >= 11 is 14.7. The third kappa shape index (κ3) is 17.2. The van der Waals surface area contributed by atoms with E-state index >= 15 is 0 Å². The molecule has 4 aliphatic rings. The SMILES string of the molecule is CC.CC1CC(N(C)C)CC(O)O1.CO.COc1ccc(N(CCS[C@@H]2C(=O)O[C@H]3COC(=O)C(C)CCCC(C)(OC)C[C@@H](C)C(=O)C(C)C32)Cc2c(Cl)cncc2Cl)cc1OC1CCCC1. The molecule has 0 amide bonds. The molecule has 386 valence electrons. The third-order valence-electron chi connectivity index (χ3n) is 13.4. The molecule has 1 aromatic heterocycles. The van der Waals surface area contributed by atoms with Gasteiger partial charge < -0.3 is 48.4 Å². The van der Waals surface area contributed by atoms with Crippen LogP contribution in [-0.2, 0) is 39.9 Å². The van der Waals surface area contributed by atoms with Crippen molar-refractivity contribution in [2.45, 2.75) is 161 Å². The first-order valence-electron chi connectivity index (χ1n) is 24.3. The van der Waals surface area contributed by atoms with Crippen molar-refractivity contribution < 1.29 is 53.0 Å². The molecule has 0 spiro atoms. The molecule has 3 aliphatic heterocycles. The van der Waals surface area contributed by atoms with Gasteiger partial charge in [0.1, 0.15) is 23.7 Å². The molecular weight excluding hydrogens is 934 g/mol. The number of carbonyl (C=O) groups excluding carboxylic acids is 3. The number of ketones is 1. The normalized spacial score (nSPS) is 29.1. The number of esters is 2. The highest BCUT2D eigenvalue weighted by atomic mass is 35.5. The number of pyridine rings is 1. The van der Waals surface area contributed by atoms with Gasteiger partial charge in [0.05, 0.1) is 40.9 Å². The van der Waals surface area contributed by atoms with Crippen molar-refractivity contribution in [1.82, 2.24) is 9.88 Å². The predicted molar refractivity (Wildman–Crippen MR) is 271 cm³/mol. The summed E-state index contributed by atoms with van der Waals surface area (Å²) in [6.45, 7) is 14.5. The van der Waals surface area contributed by atoms with Crippen LogP contribution in [-0.4, -0.2) is 134 Å². The minimum Gasteiger partial charge on any atom is -0.493 e. The quantitative estimate of drug-likeness (QED) is 0.193. The number of aromatic nitrogens is 1. The molecule has 1 saturated carbocycles. The fraction of sp³-hybridized carbons (Fsp3) is 0.725. The van der Waals surface area contributed by atoms with E-state index in [-0.39, 0.29) is 42.4 Å². The second-order valence-corrected chi connectivity index (χ2v) is 20.6. The monoisotopic (exact) mass is 1010 g/mol. The first kappa shape index (κ1) is 59.4. The topological polar surface area (TPSA) is 166 Å². The molecule has 1 aromatic carbocycles. The highest BCUT2D eigenvalue weighted by Gasteiger charge is 2.50. The number of cyclic esters (lactones) is 1. The lowest BCUT2D eigenvalue weighted by molar-refractivity contribution is -0.172. The molecule has 14 nitrogen and oxygen atoms in total. The lowest BCUT2D eigenvalue weighted by Gasteiger charge is -2.34. The van der Waals surface area contributed by atoms with Crippen LogP contribution in [0.4, 0.5) is 5.69 Å². The van der Waals surface area contributed by atoms with Gasteiger partial charge in [-0.1, -0.05) is 57.8 Å². The van der Waals surface area contributed by atoms with Crippen molar-refractivity contribution in [2.24, 2.45) is 23.7 Å². The van der Waals surface area contributed by atoms with Crippen molar-refractivity contribution in [3.63, 3.8) is 0 Å². The molecule has 0 bridgehead atoms. The Morgan fingerprint density at radius 1 is 0.912 bits per heavy atom. The maximum atomic E-state index is 14.1. The fourth-order valence-corrected chi connectivity index (χ4v) is 11.3. The summed E-state index contributed by atoms with van der Waals surface area (Å²) in [7, 11) is 8.37. The van der Waals surface area contributed by atoms with Gasteiger partial charge in [-0.25, -0.2) is 0 Å². The first-order chi connectivity index (χ1) is 32.4. The fourth-order valence-electron chi connectivity index (χ4n) is 9.46. The molecular formula is C51H81Cl2N3O11S. The number of ether oxygens (including phenoxy) is 6. The Morgan fingerprint density at radius 2 is 1.57 bits per heavy atom. The van der Waals surface area contributed by atoms with Crippen LogP contribution in [0.2, 0.25) is 10.0 Å². The van der Waals surface area contributed by atoms with Crippen LogP contribution in [0.15, 0.2) is 30.6 Å². The Hall–Kier alpha value is -2.89. The standard InChI is InChI=1S/C40H54Cl2N2O8S.C8H17NO2.C2H6.CH4O/c1-24-10-9-15-40(4,49-6)19-25(2)36(45)26(3)35-34(23-50-38(24)46)52-39(47)37(35)53-17-16-44(22-29-30(41)20-43-21-31(29)42)27-13-14-32(48-5)33(18-27)51-28-11-7-8-12-28;1-6-4-7(9(2)3)5-8(10)11-6;2*1-2/h13-14,18,20-21,24-26,28,34-35,37H,7-12,15-17,19,22-23H2,1-6H3;6-8,10H,4-5H2,1-3H3;1-2H3;2H,1H3/t24?,25-,26?,34+,35?,37+,40?;;;/m1.../s1. The lowest BCUT2D eigenvalue weighted by atomic mass is 9.77. The number of hydrogen-bond donors (Lipinski definition) is 2. The van der Waals surface area contributed by atoms with Crippen LogP contribution in [0.25, 0.3) is 0 Å². The second kappa shape index (κ2) is 29.5. The van der Waals surface area contributed by atoms with E-state index in [0.717, 1.165) is 63.3 Å². The van der Waals surface area contributed by atoms with Gasteiger partial charge in [-0.05, 0) is 97.9 Å². The van der Waals surface area contributed by atoms with Crippen LogP contribution < -0.4 is 14.4 Å². The van der Waals surface area contributed by atoms with E-state index in [0.29, 0.717) is 65.7 Å². The number of halogens is 2. The Kier molecular flexibility index (Phi) is 25.7. The minimum absolute atomic E-state index is 0.0422. The summed E-state index contributed by atoms with van der Waals surface area (Å²) in [5, 5.41) is 16.5. The van der Waals surface area contributed by atoms with Crippen LogP contribution in [0, 0.1) is 23.7 Å². The summed E-state index contributed by atoms with van der Waals surface area (Å²) in [6, 6.07) is 6.31. The number of nitrogens with zero attached hydrogens (tertiary/aromatic N) is 3. The molecule has 4 fully saturated rings. The zero-order valence-corrected chi connectivity index (χ0v) is 45.0. The minimum atomic E-state index is -0.735. The Morgan fingerprint density at radius 3 is 2.18 bits per heavy atom. The Balaban J connectivity index is 0.000000704. The van der Waals surface area contributed by atoms with Crippen LogP contribution in [0.5, 0.6) is 11.5 Å². The van der Waals surface area contributed by atoms with E-state index in [4.69, 9.17) is 56.7 Å². The Labute approximate surface area is 420 Å². The molecule has 1 aliphatic carbocycles. The number of aliphatic hydroxyl groups is 2. The first-order valence-corrected chi connectivity index (χ1v) is 26.1. The molecule has 6 rings (SSSR count). The largest absolute Gasteiger partial charge is 0.493 e. The number of carbonyl (C=O) groups is 3. The number of Topliss-reactive ketones (excluding diaryl/α,β-unsaturated/α-hetero) is 1. The summed E-state index contributed by atoms with van der Waals surface area (Å²) in [5.41, 5.74) is 1.07. The molecule has 4 heterocycles. The van der Waals surface area contributed by atoms with E-state index in [9.17, 15) is 19.5 Å². The zero-order chi connectivity index (χ0) is 50.7. The van der Waals surface area contributed by atoms with E-state index in [1.54, 1.807) is 26.6 Å². The van der Waals surface area contributed by atoms with Gasteiger partial charge in [0, 0.05) is 93.0 Å². The number of anilines is 1. The van der Waals surface area contributed by atoms with Gasteiger partial charge in [-0.2, -0.15) is 0 Å². The number of benzene rings is 1. The van der Waals surface area contributed by atoms with E-state index in [2.05, 4.69) is 14.8 Å². The number of methoxy groups -OCH3 is 2. The highest BCUT2D eigenvalue weighted by molar-refractivity contribution is 8.00. The summed E-state index contributed by atoms with van der Waals surface area (Å²) in [4.78, 5) is 49.1.